The minimum atomic E-state index is -0.551. The number of rotatable bonds is 4. The van der Waals surface area contributed by atoms with Crippen LogP contribution in [0, 0.1) is 0 Å². The third-order valence-corrected chi connectivity index (χ3v) is 4.15. The van der Waals surface area contributed by atoms with Crippen LogP contribution in [0.1, 0.15) is 18.9 Å². The average Bonchev–Trinajstić information content (AvgIpc) is 2.77. The second kappa shape index (κ2) is 7.06. The lowest BCUT2D eigenvalue weighted by Crippen LogP contribution is -2.25. The molecule has 0 radical (unpaired) electrons. The molecule has 0 bridgehead atoms. The van der Waals surface area contributed by atoms with E-state index < -0.39 is 10.5 Å². The third kappa shape index (κ3) is 4.56. The molecule has 1 fully saturated rings. The van der Waals surface area contributed by atoms with Crippen molar-refractivity contribution >= 4 is 57.0 Å². The largest absolute Gasteiger partial charge is 0.303 e. The van der Waals surface area contributed by atoms with Gasteiger partial charge in [0.2, 0.25) is 11.1 Å². The van der Waals surface area contributed by atoms with Crippen LogP contribution in [0.15, 0.2) is 34.5 Å². The standard InChI is InChI=1S/C13H11Cl2N3O2S/c1-7(8-2-4-9(14)5-3-8)17-18-13-16-12(20)10(21-13)6-11(15)19/h2-5,10H,6H2,1H3,(H,16,18,20)/b17-7+. The topological polar surface area (TPSA) is 70.9 Å². The van der Waals surface area contributed by atoms with E-state index in [4.69, 9.17) is 23.2 Å². The van der Waals surface area contributed by atoms with Crippen molar-refractivity contribution in [2.24, 2.45) is 10.2 Å². The van der Waals surface area contributed by atoms with Gasteiger partial charge in [0.15, 0.2) is 5.17 Å². The molecule has 0 saturated carbocycles. The number of hydrogen-bond acceptors (Lipinski definition) is 5. The molecule has 1 heterocycles. The van der Waals surface area contributed by atoms with Crippen molar-refractivity contribution in [3.05, 3.63) is 34.9 Å². The van der Waals surface area contributed by atoms with Crippen LogP contribution in [-0.2, 0) is 9.59 Å². The van der Waals surface area contributed by atoms with Crippen molar-refractivity contribution in [1.82, 2.24) is 5.32 Å². The van der Waals surface area contributed by atoms with Gasteiger partial charge in [0.1, 0.15) is 0 Å². The Kier molecular flexibility index (Phi) is 5.39. The van der Waals surface area contributed by atoms with Crippen molar-refractivity contribution in [2.45, 2.75) is 18.6 Å². The molecule has 1 saturated heterocycles. The molecular weight excluding hydrogens is 333 g/mol. The molecule has 1 unspecified atom stereocenters. The van der Waals surface area contributed by atoms with Crippen LogP contribution in [0.2, 0.25) is 5.02 Å². The molecule has 0 aliphatic carbocycles. The van der Waals surface area contributed by atoms with Crippen LogP contribution in [0.4, 0.5) is 0 Å². The minimum Gasteiger partial charge on any atom is -0.303 e. The molecule has 1 aromatic rings. The summed E-state index contributed by atoms with van der Waals surface area (Å²) in [6, 6.07) is 7.18. The number of nitrogens with zero attached hydrogens (tertiary/aromatic N) is 2. The van der Waals surface area contributed by atoms with Crippen molar-refractivity contribution in [3.8, 4) is 0 Å². The lowest BCUT2D eigenvalue weighted by Gasteiger charge is -1.99. The van der Waals surface area contributed by atoms with Crippen LogP contribution in [0.5, 0.6) is 0 Å². The van der Waals surface area contributed by atoms with Gasteiger partial charge in [-0.05, 0) is 36.2 Å². The predicted octanol–water partition coefficient (Wildman–Crippen LogP) is 2.81. The molecule has 110 valence electrons. The third-order valence-electron chi connectivity index (χ3n) is 2.68. The van der Waals surface area contributed by atoms with Crippen LogP contribution < -0.4 is 5.32 Å². The Balaban J connectivity index is 2.07. The van der Waals surface area contributed by atoms with Crippen molar-refractivity contribution in [1.29, 1.82) is 0 Å². The lowest BCUT2D eigenvalue weighted by molar-refractivity contribution is -0.121. The smallest absolute Gasteiger partial charge is 0.240 e. The fourth-order valence-electron chi connectivity index (χ4n) is 1.60. The van der Waals surface area contributed by atoms with Gasteiger partial charge in [-0.2, -0.15) is 5.10 Å². The molecule has 5 nitrogen and oxygen atoms in total. The highest BCUT2D eigenvalue weighted by Gasteiger charge is 2.31. The summed E-state index contributed by atoms with van der Waals surface area (Å²) in [5.74, 6) is -0.285. The van der Waals surface area contributed by atoms with Crippen molar-refractivity contribution < 1.29 is 9.59 Å². The van der Waals surface area contributed by atoms with Gasteiger partial charge in [0.05, 0.1) is 11.0 Å². The molecular formula is C13H11Cl2N3O2S. The summed E-state index contributed by atoms with van der Waals surface area (Å²) < 4.78 is 0. The number of nitrogens with one attached hydrogen (secondary N) is 1. The van der Waals surface area contributed by atoms with E-state index in [2.05, 4.69) is 15.5 Å². The Morgan fingerprint density at radius 1 is 1.38 bits per heavy atom. The lowest BCUT2D eigenvalue weighted by atomic mass is 10.1. The fraction of sp³-hybridized carbons (Fsp3) is 0.231. The molecule has 2 rings (SSSR count). The minimum absolute atomic E-state index is 0.0308. The maximum absolute atomic E-state index is 11.6. The van der Waals surface area contributed by atoms with E-state index in [0.29, 0.717) is 15.9 Å². The number of carbonyl (C=O) groups is 2. The van der Waals surface area contributed by atoms with Gasteiger partial charge in [0, 0.05) is 11.4 Å². The van der Waals surface area contributed by atoms with Gasteiger partial charge in [-0.3, -0.25) is 9.59 Å². The Morgan fingerprint density at radius 3 is 2.67 bits per heavy atom. The summed E-state index contributed by atoms with van der Waals surface area (Å²) in [4.78, 5) is 22.4. The highest BCUT2D eigenvalue weighted by molar-refractivity contribution is 8.15. The second-order valence-electron chi connectivity index (χ2n) is 4.25. The van der Waals surface area contributed by atoms with E-state index in [-0.39, 0.29) is 12.3 Å². The number of benzene rings is 1. The molecule has 1 atom stereocenters. The van der Waals surface area contributed by atoms with Crippen molar-refractivity contribution in [3.63, 3.8) is 0 Å². The Hall–Kier alpha value is -1.37. The van der Waals surface area contributed by atoms with Gasteiger partial charge < -0.3 is 5.32 Å². The SMILES string of the molecule is C/C(=N\N=C1\NC(=O)C(CC(=O)Cl)S1)c1ccc(Cl)cc1. The van der Waals surface area contributed by atoms with E-state index in [1.807, 2.05) is 12.1 Å². The predicted molar refractivity (Wildman–Crippen MR) is 86.1 cm³/mol. The second-order valence-corrected chi connectivity index (χ2v) is 6.30. The molecule has 0 spiro atoms. The summed E-state index contributed by atoms with van der Waals surface area (Å²) >= 11 is 12.2. The normalized spacial score (nSPS) is 20.7. The number of hydrogen-bond donors (Lipinski definition) is 1. The van der Waals surface area contributed by atoms with Gasteiger partial charge in [-0.1, -0.05) is 35.5 Å². The van der Waals surface area contributed by atoms with Gasteiger partial charge >= 0.3 is 0 Å². The van der Waals surface area contributed by atoms with Gasteiger partial charge in [-0.15, -0.1) is 5.10 Å². The highest BCUT2D eigenvalue weighted by atomic mass is 35.5. The monoisotopic (exact) mass is 343 g/mol. The zero-order valence-electron chi connectivity index (χ0n) is 11.0. The number of carbonyl (C=O) groups excluding carboxylic acids is 2. The Morgan fingerprint density at radius 2 is 2.05 bits per heavy atom. The van der Waals surface area contributed by atoms with Crippen LogP contribution in [0.3, 0.4) is 0 Å². The molecule has 1 amide bonds. The maximum Gasteiger partial charge on any atom is 0.240 e. The first-order valence-corrected chi connectivity index (χ1v) is 7.63. The average molecular weight is 344 g/mol. The summed E-state index contributed by atoms with van der Waals surface area (Å²) in [5, 5.41) is 10.5. The summed E-state index contributed by atoms with van der Waals surface area (Å²) in [7, 11) is 0. The van der Waals surface area contributed by atoms with Gasteiger partial charge in [0.25, 0.3) is 0 Å². The number of amides is 1. The summed E-state index contributed by atoms with van der Waals surface area (Å²) in [5.41, 5.74) is 1.57. The van der Waals surface area contributed by atoms with Crippen LogP contribution in [0.25, 0.3) is 0 Å². The first-order chi connectivity index (χ1) is 9.95. The Bertz CT molecular complexity index is 629. The van der Waals surface area contributed by atoms with Crippen molar-refractivity contribution in [2.75, 3.05) is 0 Å². The van der Waals surface area contributed by atoms with Crippen LogP contribution >= 0.6 is 35.0 Å². The van der Waals surface area contributed by atoms with Gasteiger partial charge in [-0.25, -0.2) is 0 Å². The molecule has 1 N–H and O–H groups in total. The molecule has 8 heteroatoms. The number of thioether (sulfide) groups is 1. The fourth-order valence-corrected chi connectivity index (χ4v) is 2.89. The summed E-state index contributed by atoms with van der Waals surface area (Å²) in [6.45, 7) is 1.80. The molecule has 0 aromatic heterocycles. The molecule has 21 heavy (non-hydrogen) atoms. The molecule has 1 aromatic carbocycles. The molecule has 1 aliphatic rings. The van der Waals surface area contributed by atoms with E-state index in [1.54, 1.807) is 19.1 Å². The number of halogens is 2. The summed E-state index contributed by atoms with van der Waals surface area (Å²) in [6.07, 6.45) is -0.0308. The highest BCUT2D eigenvalue weighted by Crippen LogP contribution is 2.23. The maximum atomic E-state index is 11.6. The van der Waals surface area contributed by atoms with E-state index in [9.17, 15) is 9.59 Å². The van der Waals surface area contributed by atoms with E-state index in [0.717, 1.165) is 17.3 Å². The molecule has 1 aliphatic heterocycles. The first-order valence-electron chi connectivity index (χ1n) is 6.00. The van der Waals surface area contributed by atoms with E-state index in [1.165, 1.54) is 0 Å². The number of amidine groups is 1. The van der Waals surface area contributed by atoms with E-state index >= 15 is 0 Å². The zero-order valence-corrected chi connectivity index (χ0v) is 13.3. The zero-order chi connectivity index (χ0) is 15.4. The quantitative estimate of drug-likeness (QED) is 0.519. The van der Waals surface area contributed by atoms with Crippen LogP contribution in [-0.4, -0.2) is 27.3 Å². The first kappa shape index (κ1) is 16.0. The Labute approximate surface area is 135 Å².